The van der Waals surface area contributed by atoms with Crippen LogP contribution in [0.3, 0.4) is 0 Å². The van der Waals surface area contributed by atoms with Crippen LogP contribution in [-0.4, -0.2) is 10.9 Å². The van der Waals surface area contributed by atoms with E-state index in [2.05, 4.69) is 5.32 Å². The zero-order chi connectivity index (χ0) is 22.7. The van der Waals surface area contributed by atoms with Crippen LogP contribution in [0.15, 0.2) is 72.8 Å². The Balaban J connectivity index is 1.65. The van der Waals surface area contributed by atoms with Crippen LogP contribution in [0.25, 0.3) is 0 Å². The highest BCUT2D eigenvalue weighted by Gasteiger charge is 2.32. The van der Waals surface area contributed by atoms with Crippen LogP contribution in [0.4, 0.5) is 28.0 Å². The summed E-state index contributed by atoms with van der Waals surface area (Å²) in [6.07, 6.45) is -1.98. The van der Waals surface area contributed by atoms with Crippen molar-refractivity contribution in [3.63, 3.8) is 0 Å². The lowest BCUT2D eigenvalue weighted by molar-refractivity contribution is -0.137. The van der Waals surface area contributed by atoms with Crippen LogP contribution < -0.4 is 5.32 Å². The van der Waals surface area contributed by atoms with Gasteiger partial charge in [0.2, 0.25) is 0 Å². The Morgan fingerprint density at radius 2 is 1.75 bits per heavy atom. The number of fused-ring (bicyclic) bond motifs is 1. The third-order valence-electron chi connectivity index (χ3n) is 5.68. The number of carbonyl (C=O) groups excluding carboxylic acids is 1. The molecule has 2 amide bonds. The van der Waals surface area contributed by atoms with E-state index < -0.39 is 17.8 Å². The van der Waals surface area contributed by atoms with Gasteiger partial charge in [0, 0.05) is 12.2 Å². The van der Waals surface area contributed by atoms with Crippen molar-refractivity contribution in [1.29, 1.82) is 0 Å². The van der Waals surface area contributed by atoms with Crippen molar-refractivity contribution in [2.45, 2.75) is 38.0 Å². The molecule has 0 radical (unpaired) electrons. The molecule has 3 nitrogen and oxygen atoms in total. The van der Waals surface area contributed by atoms with Gasteiger partial charge in [-0.25, -0.2) is 9.18 Å². The second-order valence-electron chi connectivity index (χ2n) is 7.87. The van der Waals surface area contributed by atoms with E-state index in [1.807, 2.05) is 24.3 Å². The van der Waals surface area contributed by atoms with E-state index in [0.717, 1.165) is 48.1 Å². The van der Waals surface area contributed by atoms with E-state index in [1.54, 1.807) is 17.0 Å². The molecule has 0 saturated heterocycles. The lowest BCUT2D eigenvalue weighted by Crippen LogP contribution is -2.39. The number of carbonyl (C=O) groups is 1. The minimum absolute atomic E-state index is 0.0676. The Hall–Kier alpha value is -3.35. The molecule has 4 rings (SSSR count). The first-order valence-corrected chi connectivity index (χ1v) is 10.4. The van der Waals surface area contributed by atoms with Crippen molar-refractivity contribution < 1.29 is 22.4 Å². The topological polar surface area (TPSA) is 32.3 Å². The van der Waals surface area contributed by atoms with E-state index in [4.69, 9.17) is 0 Å². The minimum atomic E-state index is -4.50. The monoisotopic (exact) mass is 442 g/mol. The second-order valence-corrected chi connectivity index (χ2v) is 7.87. The molecular formula is C25H22F4N2O. The Bertz CT molecular complexity index is 1100. The van der Waals surface area contributed by atoms with E-state index in [0.29, 0.717) is 0 Å². The van der Waals surface area contributed by atoms with Gasteiger partial charge in [0.1, 0.15) is 5.82 Å². The van der Waals surface area contributed by atoms with Crippen LogP contribution in [0.2, 0.25) is 0 Å². The largest absolute Gasteiger partial charge is 0.416 e. The summed E-state index contributed by atoms with van der Waals surface area (Å²) in [5.41, 5.74) is 2.15. The number of hydrogen-bond donors (Lipinski definition) is 1. The van der Waals surface area contributed by atoms with Crippen LogP contribution in [-0.2, 0) is 19.1 Å². The molecule has 1 atom stereocenters. The maximum absolute atomic E-state index is 13.4. The summed E-state index contributed by atoms with van der Waals surface area (Å²) >= 11 is 0. The first-order valence-electron chi connectivity index (χ1n) is 10.4. The fourth-order valence-electron chi connectivity index (χ4n) is 4.13. The molecule has 0 saturated carbocycles. The Labute approximate surface area is 183 Å². The van der Waals surface area contributed by atoms with Gasteiger partial charge in [-0.2, -0.15) is 13.2 Å². The van der Waals surface area contributed by atoms with E-state index >= 15 is 0 Å². The highest BCUT2D eigenvalue weighted by molar-refractivity contribution is 5.89. The first kappa shape index (κ1) is 21.9. The van der Waals surface area contributed by atoms with Gasteiger partial charge in [0.05, 0.1) is 11.6 Å². The van der Waals surface area contributed by atoms with E-state index in [9.17, 15) is 22.4 Å². The number of urea groups is 1. The van der Waals surface area contributed by atoms with Gasteiger partial charge in [-0.15, -0.1) is 0 Å². The third-order valence-corrected chi connectivity index (χ3v) is 5.68. The number of benzene rings is 3. The summed E-state index contributed by atoms with van der Waals surface area (Å²) in [7, 11) is 0. The highest BCUT2D eigenvalue weighted by Crippen LogP contribution is 2.36. The summed E-state index contributed by atoms with van der Waals surface area (Å²) in [4.78, 5) is 14.9. The summed E-state index contributed by atoms with van der Waals surface area (Å²) in [5.74, 6) is -0.378. The Morgan fingerprint density at radius 3 is 2.50 bits per heavy atom. The molecule has 1 aliphatic rings. The quantitative estimate of drug-likeness (QED) is 0.436. The number of nitrogens with one attached hydrogen (secondary N) is 1. The van der Waals surface area contributed by atoms with Crippen LogP contribution in [0, 0.1) is 5.82 Å². The number of halogens is 4. The molecule has 0 aliphatic heterocycles. The highest BCUT2D eigenvalue weighted by atomic mass is 19.4. The zero-order valence-electron chi connectivity index (χ0n) is 17.2. The molecule has 0 fully saturated rings. The lowest BCUT2D eigenvalue weighted by atomic mass is 9.86. The van der Waals surface area contributed by atoms with Crippen LogP contribution in [0.1, 0.15) is 41.1 Å². The number of rotatable bonds is 4. The Morgan fingerprint density at radius 1 is 1.00 bits per heavy atom. The molecule has 0 heterocycles. The molecule has 1 N–H and O–H groups in total. The smallest absolute Gasteiger partial charge is 0.313 e. The summed E-state index contributed by atoms with van der Waals surface area (Å²) in [6, 6.07) is 17.6. The molecular weight excluding hydrogens is 420 g/mol. The number of alkyl halides is 3. The molecule has 32 heavy (non-hydrogen) atoms. The standard InChI is InChI=1S/C25H22F4N2O/c26-20-13-11-17(12-14-20)16-31(23-10-3-6-18-5-1-2-9-22(18)23)24(32)30-21-8-4-7-19(15-21)25(27,28)29/h1-2,4-5,7-9,11-15,23H,3,6,10,16H2,(H,30,32). The average Bonchev–Trinajstić information content (AvgIpc) is 2.78. The fourth-order valence-corrected chi connectivity index (χ4v) is 4.13. The molecule has 3 aromatic rings. The van der Waals surface area contributed by atoms with Gasteiger partial charge in [-0.3, -0.25) is 0 Å². The van der Waals surface area contributed by atoms with Gasteiger partial charge in [-0.1, -0.05) is 42.5 Å². The maximum Gasteiger partial charge on any atom is 0.416 e. The molecule has 0 spiro atoms. The number of aryl methyl sites for hydroxylation is 1. The lowest BCUT2D eigenvalue weighted by Gasteiger charge is -2.36. The van der Waals surface area contributed by atoms with Crippen LogP contribution in [0.5, 0.6) is 0 Å². The predicted octanol–water partition coefficient (Wildman–Crippen LogP) is 6.96. The summed E-state index contributed by atoms with van der Waals surface area (Å²) < 4.78 is 52.6. The maximum atomic E-state index is 13.4. The van der Waals surface area contributed by atoms with Crippen molar-refractivity contribution in [2.75, 3.05) is 5.32 Å². The molecule has 3 aromatic carbocycles. The van der Waals surface area contributed by atoms with Gasteiger partial charge in [0.15, 0.2) is 0 Å². The molecule has 7 heteroatoms. The molecule has 166 valence electrons. The predicted molar refractivity (Wildman–Crippen MR) is 115 cm³/mol. The summed E-state index contributed by atoms with van der Waals surface area (Å²) in [6.45, 7) is 0.198. The number of hydrogen-bond acceptors (Lipinski definition) is 1. The second kappa shape index (κ2) is 9.02. The molecule has 1 aliphatic carbocycles. The normalized spacial score (nSPS) is 15.7. The van der Waals surface area contributed by atoms with E-state index in [1.165, 1.54) is 24.3 Å². The van der Waals surface area contributed by atoms with Crippen molar-refractivity contribution >= 4 is 11.7 Å². The first-order chi connectivity index (χ1) is 15.3. The van der Waals surface area contributed by atoms with Gasteiger partial charge >= 0.3 is 12.2 Å². The minimum Gasteiger partial charge on any atom is -0.313 e. The van der Waals surface area contributed by atoms with Crippen molar-refractivity contribution in [2.24, 2.45) is 0 Å². The van der Waals surface area contributed by atoms with Crippen molar-refractivity contribution in [1.82, 2.24) is 4.90 Å². The van der Waals surface area contributed by atoms with Crippen LogP contribution >= 0.6 is 0 Å². The van der Waals surface area contributed by atoms with Crippen molar-refractivity contribution in [3.05, 3.63) is 101 Å². The van der Waals surface area contributed by atoms with Gasteiger partial charge in [0.25, 0.3) is 0 Å². The van der Waals surface area contributed by atoms with Crippen molar-refractivity contribution in [3.8, 4) is 0 Å². The molecule has 0 aromatic heterocycles. The van der Waals surface area contributed by atoms with Gasteiger partial charge < -0.3 is 10.2 Å². The molecule has 1 unspecified atom stereocenters. The molecule has 0 bridgehead atoms. The number of anilines is 1. The third kappa shape index (κ3) is 4.93. The number of nitrogens with zero attached hydrogens (tertiary/aromatic N) is 1. The number of amides is 2. The summed E-state index contributed by atoms with van der Waals surface area (Å²) in [5, 5.41) is 2.63. The Kier molecular flexibility index (Phi) is 6.17. The average molecular weight is 442 g/mol. The van der Waals surface area contributed by atoms with E-state index in [-0.39, 0.29) is 24.1 Å². The SMILES string of the molecule is O=C(Nc1cccc(C(F)(F)F)c1)N(Cc1ccc(F)cc1)C1CCCc2ccccc21. The zero-order valence-corrected chi connectivity index (χ0v) is 17.2. The van der Waals surface area contributed by atoms with Gasteiger partial charge in [-0.05, 0) is 66.3 Å². The fraction of sp³-hybridized carbons (Fsp3) is 0.240.